The molecule has 1 fully saturated rings. The van der Waals surface area contributed by atoms with Crippen LogP contribution in [0.3, 0.4) is 0 Å². The number of fused-ring (bicyclic) bond motifs is 4. The third kappa shape index (κ3) is 4.81. The van der Waals surface area contributed by atoms with Crippen LogP contribution in [0.5, 0.6) is 0 Å². The van der Waals surface area contributed by atoms with Crippen molar-refractivity contribution in [3.05, 3.63) is 117 Å². The second kappa shape index (κ2) is 10.6. The van der Waals surface area contributed by atoms with E-state index in [4.69, 9.17) is 23.2 Å². The van der Waals surface area contributed by atoms with E-state index in [1.165, 1.54) is 41.8 Å². The van der Waals surface area contributed by atoms with Gasteiger partial charge in [-0.25, -0.2) is 0 Å². The number of nitrogens with zero attached hydrogens (tertiary/aromatic N) is 2. The molecule has 3 aliphatic rings. The highest BCUT2D eigenvalue weighted by molar-refractivity contribution is 7.99. The lowest BCUT2D eigenvalue weighted by atomic mass is 9.95. The zero-order valence-corrected chi connectivity index (χ0v) is 24.1. The molecule has 192 valence electrons. The zero-order valence-electron chi connectivity index (χ0n) is 20.9. The fourth-order valence-corrected chi connectivity index (χ4v) is 8.82. The minimum atomic E-state index is 0.358. The summed E-state index contributed by atoms with van der Waals surface area (Å²) in [6, 6.07) is 31.4. The first-order valence-corrected chi connectivity index (χ1v) is 15.6. The van der Waals surface area contributed by atoms with Crippen molar-refractivity contribution in [2.45, 2.75) is 44.5 Å². The molecule has 0 aromatic heterocycles. The van der Waals surface area contributed by atoms with Crippen LogP contribution < -0.4 is 0 Å². The van der Waals surface area contributed by atoms with E-state index in [1.807, 2.05) is 35.7 Å². The van der Waals surface area contributed by atoms with E-state index in [1.54, 1.807) is 0 Å². The first-order valence-electron chi connectivity index (χ1n) is 13.2. The quantitative estimate of drug-likeness (QED) is 0.236. The molecule has 0 spiro atoms. The van der Waals surface area contributed by atoms with Crippen LogP contribution in [-0.2, 0) is 12.8 Å². The van der Waals surface area contributed by atoms with Gasteiger partial charge >= 0.3 is 0 Å². The van der Waals surface area contributed by atoms with Gasteiger partial charge in [0.05, 0.1) is 0 Å². The SMILES string of the molecule is Clc1ccc2c(c1)C[C@H](N1CCN([C@H]3Cc4cc(Cl)ccc4Sc4ccccc43)CC1)c1ccccc1S2. The van der Waals surface area contributed by atoms with Gasteiger partial charge in [-0.05, 0) is 83.6 Å². The molecule has 7 rings (SSSR count). The number of benzene rings is 4. The van der Waals surface area contributed by atoms with E-state index >= 15 is 0 Å². The smallest absolute Gasteiger partial charge is 0.0409 e. The molecule has 0 aliphatic carbocycles. The normalized spacial score (nSPS) is 21.4. The highest BCUT2D eigenvalue weighted by atomic mass is 35.5. The Labute approximate surface area is 243 Å². The molecule has 2 atom stereocenters. The van der Waals surface area contributed by atoms with E-state index in [2.05, 4.69) is 82.6 Å². The molecule has 0 radical (unpaired) electrons. The van der Waals surface area contributed by atoms with Gasteiger partial charge < -0.3 is 0 Å². The molecule has 38 heavy (non-hydrogen) atoms. The lowest BCUT2D eigenvalue weighted by Gasteiger charge is -2.43. The minimum Gasteiger partial charge on any atom is -0.293 e. The Kier molecular flexibility index (Phi) is 6.98. The summed E-state index contributed by atoms with van der Waals surface area (Å²) in [7, 11) is 0. The summed E-state index contributed by atoms with van der Waals surface area (Å²) in [4.78, 5) is 10.8. The van der Waals surface area contributed by atoms with Gasteiger partial charge in [-0.3, -0.25) is 9.80 Å². The van der Waals surface area contributed by atoms with Crippen LogP contribution in [0, 0.1) is 0 Å². The van der Waals surface area contributed by atoms with Crippen molar-refractivity contribution in [3.8, 4) is 0 Å². The molecule has 0 saturated carbocycles. The first kappa shape index (κ1) is 25.1. The predicted octanol–water partition coefficient (Wildman–Crippen LogP) is 8.81. The van der Waals surface area contributed by atoms with Gasteiger partial charge in [0.25, 0.3) is 0 Å². The summed E-state index contributed by atoms with van der Waals surface area (Å²) < 4.78 is 0. The van der Waals surface area contributed by atoms with Crippen molar-refractivity contribution in [2.75, 3.05) is 26.2 Å². The molecule has 0 N–H and O–H groups in total. The van der Waals surface area contributed by atoms with Crippen molar-refractivity contribution >= 4 is 46.7 Å². The molecule has 0 amide bonds. The summed E-state index contributed by atoms with van der Waals surface area (Å²) in [5.74, 6) is 0. The molecule has 3 aliphatic heterocycles. The van der Waals surface area contributed by atoms with Gasteiger partial charge in [-0.2, -0.15) is 0 Å². The summed E-state index contributed by atoms with van der Waals surface area (Å²) >= 11 is 16.6. The number of hydrogen-bond acceptors (Lipinski definition) is 4. The van der Waals surface area contributed by atoms with E-state index < -0.39 is 0 Å². The Morgan fingerprint density at radius 2 is 0.947 bits per heavy atom. The van der Waals surface area contributed by atoms with Crippen molar-refractivity contribution in [3.63, 3.8) is 0 Å². The number of halogens is 2. The maximum absolute atomic E-state index is 6.44. The summed E-state index contributed by atoms with van der Waals surface area (Å²) in [5.41, 5.74) is 5.60. The van der Waals surface area contributed by atoms with Crippen LogP contribution >= 0.6 is 46.7 Å². The van der Waals surface area contributed by atoms with Crippen LogP contribution in [0.25, 0.3) is 0 Å². The molecule has 0 unspecified atom stereocenters. The van der Waals surface area contributed by atoms with Crippen LogP contribution in [0.15, 0.2) is 105 Å². The monoisotopic (exact) mass is 574 g/mol. The molecule has 0 bridgehead atoms. The van der Waals surface area contributed by atoms with E-state index in [9.17, 15) is 0 Å². The molecule has 2 nitrogen and oxygen atoms in total. The fourth-order valence-electron chi connectivity index (χ4n) is 6.20. The molecular formula is C32H28Cl2N2S2. The van der Waals surface area contributed by atoms with Crippen molar-refractivity contribution in [2.24, 2.45) is 0 Å². The average molecular weight is 576 g/mol. The number of piperazine rings is 1. The van der Waals surface area contributed by atoms with Crippen LogP contribution in [0.4, 0.5) is 0 Å². The summed E-state index contributed by atoms with van der Waals surface area (Å²) in [5, 5.41) is 1.65. The third-order valence-corrected chi connectivity index (χ3v) is 11.0. The summed E-state index contributed by atoms with van der Waals surface area (Å²) in [6.45, 7) is 4.20. The largest absolute Gasteiger partial charge is 0.293 e. The molecular weight excluding hydrogens is 547 g/mol. The van der Waals surface area contributed by atoms with Gasteiger partial charge in [0.1, 0.15) is 0 Å². The van der Waals surface area contributed by atoms with E-state index in [-0.39, 0.29) is 0 Å². The van der Waals surface area contributed by atoms with Crippen molar-refractivity contribution < 1.29 is 0 Å². The van der Waals surface area contributed by atoms with E-state index in [0.29, 0.717) is 12.1 Å². The Bertz CT molecular complexity index is 1390. The average Bonchev–Trinajstić information content (AvgIpc) is 3.21. The Morgan fingerprint density at radius 3 is 1.39 bits per heavy atom. The maximum Gasteiger partial charge on any atom is 0.0409 e. The highest BCUT2D eigenvalue weighted by Gasteiger charge is 2.34. The number of hydrogen-bond donors (Lipinski definition) is 0. The highest BCUT2D eigenvalue weighted by Crippen LogP contribution is 2.46. The van der Waals surface area contributed by atoms with Crippen LogP contribution in [-0.4, -0.2) is 36.0 Å². The standard InChI is InChI=1S/C32H28Cl2N2S2/c33-23-9-11-29-21(17-23)19-27(25-5-1-3-7-31(25)37-29)35-13-15-36(16-14-35)28-20-22-18-24(34)10-12-30(22)38-32-8-4-2-6-26(28)32/h1-12,17-18,27-28H,13-16,19-20H2/t27-,28-/m0/s1. The van der Waals surface area contributed by atoms with Gasteiger partial charge in [0.15, 0.2) is 0 Å². The molecule has 1 saturated heterocycles. The topological polar surface area (TPSA) is 6.48 Å². The van der Waals surface area contributed by atoms with Crippen LogP contribution in [0.1, 0.15) is 34.3 Å². The number of rotatable bonds is 2. The molecule has 4 aromatic rings. The van der Waals surface area contributed by atoms with Gasteiger partial charge in [-0.15, -0.1) is 0 Å². The molecule has 3 heterocycles. The maximum atomic E-state index is 6.44. The van der Waals surface area contributed by atoms with Crippen molar-refractivity contribution in [1.29, 1.82) is 0 Å². The lowest BCUT2D eigenvalue weighted by molar-refractivity contribution is 0.0662. The predicted molar refractivity (Wildman–Crippen MR) is 160 cm³/mol. The lowest BCUT2D eigenvalue weighted by Crippen LogP contribution is -2.49. The first-order chi connectivity index (χ1) is 18.6. The Balaban J connectivity index is 1.16. The minimum absolute atomic E-state index is 0.358. The Hall–Kier alpha value is -1.92. The third-order valence-electron chi connectivity index (χ3n) is 8.10. The fraction of sp³-hybridized carbons (Fsp3) is 0.250. The van der Waals surface area contributed by atoms with E-state index in [0.717, 1.165) is 49.1 Å². The zero-order chi connectivity index (χ0) is 25.6. The van der Waals surface area contributed by atoms with Crippen molar-refractivity contribution in [1.82, 2.24) is 9.80 Å². The Morgan fingerprint density at radius 1 is 0.526 bits per heavy atom. The van der Waals surface area contributed by atoms with Gasteiger partial charge in [0, 0.05) is 67.9 Å². The van der Waals surface area contributed by atoms with Crippen LogP contribution in [0.2, 0.25) is 10.0 Å². The summed E-state index contributed by atoms with van der Waals surface area (Å²) in [6.07, 6.45) is 1.99. The second-order valence-electron chi connectivity index (χ2n) is 10.3. The van der Waals surface area contributed by atoms with Gasteiger partial charge in [0.2, 0.25) is 0 Å². The second-order valence-corrected chi connectivity index (χ2v) is 13.3. The van der Waals surface area contributed by atoms with Gasteiger partial charge in [-0.1, -0.05) is 83.1 Å². The molecule has 4 aromatic carbocycles. The molecule has 6 heteroatoms.